The molecule has 1 aromatic carbocycles. The number of cyclic esters (lactones) is 1. The first-order valence-corrected chi connectivity index (χ1v) is 11.5. The molecule has 162 valence electrons. The molecule has 0 atom stereocenters. The van der Waals surface area contributed by atoms with Gasteiger partial charge in [-0.2, -0.15) is 0 Å². The number of piperidine rings is 1. The standard InChI is InChI=1S/C25H34N2O3/c1-23(2,3)20-6-4-5-17(11-20)18-12-24(13-18)7-9-27(10-8-24)21(28)19-14-25(15-19)16-30-22(29)26-25/h4-6,11,18-19H,7-10,12-16H2,1-3H3,(H,26,29)/t19-,25+. The summed E-state index contributed by atoms with van der Waals surface area (Å²) in [5.74, 6) is 1.01. The highest BCUT2D eigenvalue weighted by Gasteiger charge is 2.54. The van der Waals surface area contributed by atoms with Crippen LogP contribution in [0.2, 0.25) is 0 Å². The minimum atomic E-state index is -0.339. The Morgan fingerprint density at radius 1 is 1.13 bits per heavy atom. The summed E-state index contributed by atoms with van der Waals surface area (Å²) in [6.45, 7) is 9.02. The van der Waals surface area contributed by atoms with E-state index in [2.05, 4.69) is 55.3 Å². The van der Waals surface area contributed by atoms with Gasteiger partial charge in [0.2, 0.25) is 5.91 Å². The molecule has 1 N–H and O–H groups in total. The Morgan fingerprint density at radius 3 is 2.43 bits per heavy atom. The number of nitrogens with zero attached hydrogens (tertiary/aromatic N) is 1. The van der Waals surface area contributed by atoms with Gasteiger partial charge in [-0.25, -0.2) is 4.79 Å². The Kier molecular flexibility index (Phi) is 4.46. The molecule has 2 aliphatic heterocycles. The highest BCUT2D eigenvalue weighted by Crippen LogP contribution is 2.57. The van der Waals surface area contributed by atoms with E-state index in [0.29, 0.717) is 17.9 Å². The first-order chi connectivity index (χ1) is 14.2. The SMILES string of the molecule is CC(C)(C)c1cccc(C2CC3(CCN(C(=O)[C@H]4C[C@]5(COC(=O)N5)C4)CC3)C2)c1. The molecular formula is C25H34N2O3. The first-order valence-electron chi connectivity index (χ1n) is 11.5. The summed E-state index contributed by atoms with van der Waals surface area (Å²) in [5, 5.41) is 2.89. The van der Waals surface area contributed by atoms with Crippen LogP contribution in [0, 0.1) is 11.3 Å². The number of likely N-dealkylation sites (tertiary alicyclic amines) is 1. The number of ether oxygens (including phenoxy) is 1. The second-order valence-corrected chi connectivity index (χ2v) is 11.4. The Balaban J connectivity index is 1.12. The molecule has 0 bridgehead atoms. The molecule has 2 amide bonds. The zero-order chi connectivity index (χ0) is 21.1. The molecule has 1 aromatic rings. The summed E-state index contributed by atoms with van der Waals surface area (Å²) >= 11 is 0. The molecule has 4 aliphatic rings. The normalized spacial score (nSPS) is 27.4. The maximum Gasteiger partial charge on any atom is 0.407 e. The Morgan fingerprint density at radius 2 is 1.83 bits per heavy atom. The van der Waals surface area contributed by atoms with Crippen molar-refractivity contribution < 1.29 is 14.3 Å². The molecule has 30 heavy (non-hydrogen) atoms. The van der Waals surface area contributed by atoms with Gasteiger partial charge in [0.15, 0.2) is 0 Å². The lowest BCUT2D eigenvalue weighted by Gasteiger charge is -2.53. The van der Waals surface area contributed by atoms with Crippen LogP contribution in [0.15, 0.2) is 24.3 Å². The quantitative estimate of drug-likeness (QED) is 0.788. The van der Waals surface area contributed by atoms with Crippen LogP contribution in [0.5, 0.6) is 0 Å². The minimum absolute atomic E-state index is 0.0512. The summed E-state index contributed by atoms with van der Waals surface area (Å²) in [6.07, 6.45) is 5.90. The van der Waals surface area contributed by atoms with Crippen molar-refractivity contribution in [2.24, 2.45) is 11.3 Å². The molecular weight excluding hydrogens is 376 g/mol. The fourth-order valence-corrected chi connectivity index (χ4v) is 6.12. The van der Waals surface area contributed by atoms with Crippen molar-refractivity contribution in [1.29, 1.82) is 0 Å². The van der Waals surface area contributed by atoms with Crippen LogP contribution >= 0.6 is 0 Å². The van der Waals surface area contributed by atoms with E-state index < -0.39 is 0 Å². The molecule has 2 heterocycles. The molecule has 0 aromatic heterocycles. The van der Waals surface area contributed by atoms with Gasteiger partial charge in [0.05, 0.1) is 5.54 Å². The maximum absolute atomic E-state index is 12.9. The molecule has 4 fully saturated rings. The van der Waals surface area contributed by atoms with Crippen molar-refractivity contribution in [3.8, 4) is 0 Å². The largest absolute Gasteiger partial charge is 0.447 e. The molecule has 2 saturated heterocycles. The fourth-order valence-electron chi connectivity index (χ4n) is 6.12. The lowest BCUT2D eigenvalue weighted by molar-refractivity contribution is -0.144. The van der Waals surface area contributed by atoms with Gasteiger partial charge in [-0.3, -0.25) is 4.79 Å². The molecule has 0 radical (unpaired) electrons. The van der Waals surface area contributed by atoms with Crippen molar-refractivity contribution >= 4 is 12.0 Å². The van der Waals surface area contributed by atoms with E-state index in [4.69, 9.17) is 4.74 Å². The zero-order valence-electron chi connectivity index (χ0n) is 18.5. The van der Waals surface area contributed by atoms with Gasteiger partial charge in [0.1, 0.15) is 6.61 Å². The predicted molar refractivity (Wildman–Crippen MR) is 115 cm³/mol. The van der Waals surface area contributed by atoms with Gasteiger partial charge < -0.3 is 15.0 Å². The summed E-state index contributed by atoms with van der Waals surface area (Å²) in [5.41, 5.74) is 3.27. The second kappa shape index (κ2) is 6.73. The van der Waals surface area contributed by atoms with Crippen molar-refractivity contribution in [2.45, 2.75) is 76.2 Å². The van der Waals surface area contributed by atoms with E-state index in [1.165, 1.54) is 24.0 Å². The van der Waals surface area contributed by atoms with E-state index in [0.717, 1.165) is 38.8 Å². The van der Waals surface area contributed by atoms with Crippen molar-refractivity contribution in [2.75, 3.05) is 19.7 Å². The van der Waals surface area contributed by atoms with E-state index in [9.17, 15) is 9.59 Å². The lowest BCUT2D eigenvalue weighted by Crippen LogP contribution is -2.59. The number of hydrogen-bond acceptors (Lipinski definition) is 3. The van der Waals surface area contributed by atoms with Gasteiger partial charge in [-0.15, -0.1) is 0 Å². The fraction of sp³-hybridized carbons (Fsp3) is 0.680. The molecule has 2 spiro atoms. The maximum atomic E-state index is 12.9. The van der Waals surface area contributed by atoms with Crippen LogP contribution in [0.25, 0.3) is 0 Å². The molecule has 0 unspecified atom stereocenters. The number of carbonyl (C=O) groups excluding carboxylic acids is 2. The highest BCUT2D eigenvalue weighted by atomic mass is 16.6. The van der Waals surface area contributed by atoms with Crippen molar-refractivity contribution in [1.82, 2.24) is 10.2 Å². The van der Waals surface area contributed by atoms with Gasteiger partial charge in [-0.1, -0.05) is 45.0 Å². The third-order valence-corrected chi connectivity index (χ3v) is 8.19. The van der Waals surface area contributed by atoms with Gasteiger partial charge in [0, 0.05) is 19.0 Å². The van der Waals surface area contributed by atoms with Crippen molar-refractivity contribution in [3.05, 3.63) is 35.4 Å². The number of benzene rings is 1. The number of nitrogens with one attached hydrogen (secondary N) is 1. The van der Waals surface area contributed by atoms with E-state index in [1.807, 2.05) is 0 Å². The van der Waals surface area contributed by atoms with Crippen LogP contribution in [0.1, 0.15) is 76.3 Å². The molecule has 2 aliphatic carbocycles. The third kappa shape index (κ3) is 3.40. The van der Waals surface area contributed by atoms with Crippen LogP contribution in [-0.2, 0) is 14.9 Å². The van der Waals surface area contributed by atoms with Crippen LogP contribution in [0.4, 0.5) is 4.79 Å². The molecule has 5 rings (SSSR count). The number of amides is 2. The second-order valence-electron chi connectivity index (χ2n) is 11.4. The monoisotopic (exact) mass is 410 g/mol. The summed E-state index contributed by atoms with van der Waals surface area (Å²) in [6, 6.07) is 9.17. The van der Waals surface area contributed by atoms with Crippen LogP contribution in [0.3, 0.4) is 0 Å². The van der Waals surface area contributed by atoms with Gasteiger partial charge >= 0.3 is 6.09 Å². The summed E-state index contributed by atoms with van der Waals surface area (Å²) in [7, 11) is 0. The Bertz CT molecular complexity index is 849. The zero-order valence-corrected chi connectivity index (χ0v) is 18.5. The van der Waals surface area contributed by atoms with Gasteiger partial charge in [-0.05, 0) is 66.4 Å². The molecule has 5 nitrogen and oxygen atoms in total. The molecule has 5 heteroatoms. The van der Waals surface area contributed by atoms with Gasteiger partial charge in [0.25, 0.3) is 0 Å². The topological polar surface area (TPSA) is 58.6 Å². The average Bonchev–Trinajstić information content (AvgIpc) is 3.06. The van der Waals surface area contributed by atoms with Crippen molar-refractivity contribution in [3.63, 3.8) is 0 Å². The van der Waals surface area contributed by atoms with E-state index >= 15 is 0 Å². The average molecular weight is 411 g/mol. The first kappa shape index (κ1) is 19.9. The molecule has 2 saturated carbocycles. The Hall–Kier alpha value is -2.04. The minimum Gasteiger partial charge on any atom is -0.447 e. The van der Waals surface area contributed by atoms with E-state index in [-0.39, 0.29) is 28.9 Å². The Labute approximate surface area is 179 Å². The highest BCUT2D eigenvalue weighted by molar-refractivity contribution is 5.81. The number of rotatable bonds is 2. The van der Waals surface area contributed by atoms with Crippen LogP contribution in [-0.4, -0.2) is 42.1 Å². The predicted octanol–water partition coefficient (Wildman–Crippen LogP) is 4.36. The lowest BCUT2D eigenvalue weighted by atomic mass is 9.55. The number of carbonyl (C=O) groups is 2. The number of alkyl carbamates (subject to hydrolysis) is 1. The number of hydrogen-bond donors (Lipinski definition) is 1. The third-order valence-electron chi connectivity index (χ3n) is 8.19. The smallest absolute Gasteiger partial charge is 0.407 e. The van der Waals surface area contributed by atoms with Crippen LogP contribution < -0.4 is 5.32 Å². The van der Waals surface area contributed by atoms with E-state index in [1.54, 1.807) is 0 Å². The summed E-state index contributed by atoms with van der Waals surface area (Å²) in [4.78, 5) is 26.3. The summed E-state index contributed by atoms with van der Waals surface area (Å²) < 4.78 is 5.03.